The minimum absolute atomic E-state index is 0.168. The number of nitrogens with one attached hydrogen (secondary N) is 1. The van der Waals surface area contributed by atoms with Crippen LogP contribution >= 0.6 is 0 Å². The van der Waals surface area contributed by atoms with Gasteiger partial charge in [0.1, 0.15) is 0 Å². The molecular weight excluding hydrogens is 438 g/mol. The Hall–Kier alpha value is -2.73. The van der Waals surface area contributed by atoms with Gasteiger partial charge in [0, 0.05) is 32.1 Å². The minimum atomic E-state index is -4.26. The highest BCUT2D eigenvalue weighted by Crippen LogP contribution is 2.38. The molecule has 0 bridgehead atoms. The summed E-state index contributed by atoms with van der Waals surface area (Å²) in [5.74, 6) is 0.346. The molecule has 2 aromatic rings. The molecule has 1 atom stereocenters. The first-order valence-corrected chi connectivity index (χ1v) is 11.9. The number of morpholine rings is 1. The Balaban J connectivity index is 1.68. The van der Waals surface area contributed by atoms with Gasteiger partial charge in [-0.1, -0.05) is 30.3 Å². The largest absolute Gasteiger partial charge is 0.490 e. The van der Waals surface area contributed by atoms with Crippen LogP contribution in [0.4, 0.5) is 5.69 Å². The smallest absolute Gasteiger partial charge is 0.293 e. The van der Waals surface area contributed by atoms with Gasteiger partial charge in [-0.2, -0.15) is 0 Å². The molecule has 32 heavy (non-hydrogen) atoms. The van der Waals surface area contributed by atoms with Gasteiger partial charge in [-0.25, -0.2) is 13.1 Å². The van der Waals surface area contributed by atoms with Crippen LogP contribution < -0.4 is 14.2 Å². The molecule has 1 saturated heterocycles. The van der Waals surface area contributed by atoms with Crippen LogP contribution in [0, 0.1) is 10.1 Å². The number of nitro groups is 1. The van der Waals surface area contributed by atoms with Gasteiger partial charge >= 0.3 is 0 Å². The normalized spacial score (nSPS) is 18.0. The molecule has 4 rings (SSSR count). The lowest BCUT2D eigenvalue weighted by molar-refractivity contribution is -0.387. The third-order valence-electron chi connectivity index (χ3n) is 5.36. The van der Waals surface area contributed by atoms with E-state index in [0.717, 1.165) is 11.6 Å². The van der Waals surface area contributed by atoms with Crippen LogP contribution in [-0.2, 0) is 14.8 Å². The molecule has 0 saturated carbocycles. The predicted octanol–water partition coefficient (Wildman–Crippen LogP) is 2.11. The second-order valence-corrected chi connectivity index (χ2v) is 9.25. The molecule has 11 heteroatoms. The van der Waals surface area contributed by atoms with Crippen molar-refractivity contribution in [2.45, 2.75) is 17.4 Å². The molecule has 0 aliphatic carbocycles. The van der Waals surface area contributed by atoms with Gasteiger partial charge in [-0.05, 0) is 5.56 Å². The summed E-state index contributed by atoms with van der Waals surface area (Å²) in [7, 11) is -4.26. The molecule has 0 radical (unpaired) electrons. The van der Waals surface area contributed by atoms with Crippen molar-refractivity contribution in [3.8, 4) is 11.5 Å². The van der Waals surface area contributed by atoms with Crippen molar-refractivity contribution in [2.24, 2.45) is 0 Å². The summed E-state index contributed by atoms with van der Waals surface area (Å²) in [6.07, 6.45) is 0.596. The number of sulfonamides is 1. The average molecular weight is 464 g/mol. The van der Waals surface area contributed by atoms with E-state index in [-0.39, 0.29) is 11.5 Å². The zero-order valence-corrected chi connectivity index (χ0v) is 18.3. The average Bonchev–Trinajstić information content (AvgIpc) is 3.04. The lowest BCUT2D eigenvalue weighted by Gasteiger charge is -2.31. The standard InChI is InChI=1S/C21H25N3O7S/c25-24(26)18-13-19-20(31-10-4-9-30-19)14-21(18)32(27,28)22-17(16-5-2-1-3-6-16)15-23-7-11-29-12-8-23/h1-3,5-6,13-14,17,22H,4,7-12,15H2. The number of hydrogen-bond donors (Lipinski definition) is 1. The second kappa shape index (κ2) is 9.82. The number of nitrogens with zero attached hydrogens (tertiary/aromatic N) is 2. The lowest BCUT2D eigenvalue weighted by Crippen LogP contribution is -2.43. The van der Waals surface area contributed by atoms with E-state index < -0.39 is 31.6 Å². The van der Waals surface area contributed by atoms with Crippen LogP contribution in [0.15, 0.2) is 47.4 Å². The van der Waals surface area contributed by atoms with E-state index in [1.165, 1.54) is 6.07 Å². The van der Waals surface area contributed by atoms with Gasteiger partial charge in [0.2, 0.25) is 10.0 Å². The molecule has 2 aromatic carbocycles. The lowest BCUT2D eigenvalue weighted by atomic mass is 10.1. The molecule has 172 valence electrons. The van der Waals surface area contributed by atoms with Crippen LogP contribution in [0.3, 0.4) is 0 Å². The van der Waals surface area contributed by atoms with Gasteiger partial charge in [0.05, 0.1) is 43.5 Å². The van der Waals surface area contributed by atoms with Crippen molar-refractivity contribution in [3.63, 3.8) is 0 Å². The highest BCUT2D eigenvalue weighted by molar-refractivity contribution is 7.89. The van der Waals surface area contributed by atoms with E-state index in [1.807, 2.05) is 30.3 Å². The number of ether oxygens (including phenoxy) is 3. The summed E-state index contributed by atoms with van der Waals surface area (Å²) in [5, 5.41) is 11.7. The molecule has 0 aromatic heterocycles. The predicted molar refractivity (Wildman–Crippen MR) is 115 cm³/mol. The van der Waals surface area contributed by atoms with Gasteiger partial charge in [0.15, 0.2) is 16.4 Å². The summed E-state index contributed by atoms with van der Waals surface area (Å²) < 4.78 is 45.9. The Morgan fingerprint density at radius 3 is 2.34 bits per heavy atom. The Morgan fingerprint density at radius 1 is 1.03 bits per heavy atom. The molecule has 0 amide bonds. The first-order chi connectivity index (χ1) is 15.4. The summed E-state index contributed by atoms with van der Waals surface area (Å²) in [6, 6.07) is 10.9. The molecule has 2 aliphatic heterocycles. The highest BCUT2D eigenvalue weighted by Gasteiger charge is 2.32. The topological polar surface area (TPSA) is 120 Å². The van der Waals surface area contributed by atoms with Crippen molar-refractivity contribution < 1.29 is 27.6 Å². The zero-order valence-electron chi connectivity index (χ0n) is 17.4. The maximum Gasteiger partial charge on any atom is 0.293 e. The summed E-state index contributed by atoms with van der Waals surface area (Å²) in [5.41, 5.74) is 0.208. The molecule has 1 fully saturated rings. The Morgan fingerprint density at radius 2 is 1.69 bits per heavy atom. The molecular formula is C21H25N3O7S. The van der Waals surface area contributed by atoms with Crippen LogP contribution in [-0.4, -0.2) is 64.3 Å². The van der Waals surface area contributed by atoms with Crippen molar-refractivity contribution in [3.05, 3.63) is 58.1 Å². The zero-order chi connectivity index (χ0) is 22.6. The van der Waals surface area contributed by atoms with Crippen molar-refractivity contribution >= 4 is 15.7 Å². The number of fused-ring (bicyclic) bond motifs is 1. The molecule has 1 N–H and O–H groups in total. The third kappa shape index (κ3) is 5.18. The number of benzene rings is 2. The summed E-state index contributed by atoms with van der Waals surface area (Å²) in [6.45, 7) is 3.57. The fourth-order valence-corrected chi connectivity index (χ4v) is 5.11. The van der Waals surface area contributed by atoms with E-state index in [4.69, 9.17) is 14.2 Å². The first kappa shape index (κ1) is 22.5. The number of nitro benzene ring substituents is 1. The van der Waals surface area contributed by atoms with E-state index in [2.05, 4.69) is 9.62 Å². The van der Waals surface area contributed by atoms with Crippen molar-refractivity contribution in [2.75, 3.05) is 46.1 Å². The Labute approximate surface area is 186 Å². The van der Waals surface area contributed by atoms with Gasteiger partial charge in [0.25, 0.3) is 5.69 Å². The van der Waals surface area contributed by atoms with Gasteiger partial charge in [-0.3, -0.25) is 15.0 Å². The summed E-state index contributed by atoms with van der Waals surface area (Å²) in [4.78, 5) is 12.6. The molecule has 10 nitrogen and oxygen atoms in total. The minimum Gasteiger partial charge on any atom is -0.490 e. The maximum atomic E-state index is 13.4. The monoisotopic (exact) mass is 463 g/mol. The fourth-order valence-electron chi connectivity index (χ4n) is 3.73. The SMILES string of the molecule is O=[N+]([O-])c1cc2c(cc1S(=O)(=O)NC(CN1CCOCC1)c1ccccc1)OCCCO2. The van der Waals surface area contributed by atoms with Crippen LogP contribution in [0.1, 0.15) is 18.0 Å². The van der Waals surface area contributed by atoms with Gasteiger partial charge < -0.3 is 14.2 Å². The Bertz CT molecular complexity index is 1060. The first-order valence-electron chi connectivity index (χ1n) is 10.4. The molecule has 2 heterocycles. The number of rotatable bonds is 7. The van der Waals surface area contributed by atoms with Crippen molar-refractivity contribution in [1.29, 1.82) is 0 Å². The molecule has 2 aliphatic rings. The highest BCUT2D eigenvalue weighted by atomic mass is 32.2. The van der Waals surface area contributed by atoms with E-state index in [1.54, 1.807) is 0 Å². The van der Waals surface area contributed by atoms with Gasteiger partial charge in [-0.15, -0.1) is 0 Å². The maximum absolute atomic E-state index is 13.4. The van der Waals surface area contributed by atoms with E-state index in [0.29, 0.717) is 52.5 Å². The van der Waals surface area contributed by atoms with Crippen molar-refractivity contribution in [1.82, 2.24) is 9.62 Å². The second-order valence-electron chi connectivity index (χ2n) is 7.57. The molecule has 1 unspecified atom stereocenters. The van der Waals surface area contributed by atoms with Crippen LogP contribution in [0.25, 0.3) is 0 Å². The third-order valence-corrected chi connectivity index (χ3v) is 6.86. The quantitative estimate of drug-likeness (QED) is 0.490. The van der Waals surface area contributed by atoms with E-state index >= 15 is 0 Å². The Kier molecular flexibility index (Phi) is 6.89. The van der Waals surface area contributed by atoms with E-state index in [9.17, 15) is 18.5 Å². The number of hydrogen-bond acceptors (Lipinski definition) is 8. The van der Waals surface area contributed by atoms with Crippen LogP contribution in [0.2, 0.25) is 0 Å². The fraction of sp³-hybridized carbons (Fsp3) is 0.429. The van der Waals surface area contributed by atoms with Crippen LogP contribution in [0.5, 0.6) is 11.5 Å². The summed E-state index contributed by atoms with van der Waals surface area (Å²) >= 11 is 0. The molecule has 0 spiro atoms.